The monoisotopic (exact) mass is 280 g/mol. The minimum atomic E-state index is -0.0351. The van der Waals surface area contributed by atoms with Gasteiger partial charge in [0.15, 0.2) is 5.75 Å². The average molecular weight is 280 g/mol. The summed E-state index contributed by atoms with van der Waals surface area (Å²) in [4.78, 5) is 8.88. The smallest absolute Gasteiger partial charge is 0.219 e. The molecule has 0 bridgehead atoms. The van der Waals surface area contributed by atoms with Crippen LogP contribution in [0, 0.1) is 13.8 Å². The second-order valence-electron chi connectivity index (χ2n) is 5.00. The van der Waals surface area contributed by atoms with Crippen molar-refractivity contribution in [2.45, 2.75) is 20.5 Å². The third kappa shape index (κ3) is 2.85. The number of nitrogens with zero attached hydrogens (tertiary/aromatic N) is 2. The van der Waals surface area contributed by atoms with Crippen LogP contribution in [-0.2, 0) is 6.61 Å². The van der Waals surface area contributed by atoms with Gasteiger partial charge in [-0.15, -0.1) is 0 Å². The summed E-state index contributed by atoms with van der Waals surface area (Å²) in [5, 5.41) is 10.3. The molecular weight excluding hydrogens is 264 g/mol. The number of para-hydroxylation sites is 1. The van der Waals surface area contributed by atoms with Crippen LogP contribution in [0.4, 0.5) is 0 Å². The van der Waals surface area contributed by atoms with Gasteiger partial charge in [0, 0.05) is 22.8 Å². The lowest BCUT2D eigenvalue weighted by Crippen LogP contribution is -1.95. The van der Waals surface area contributed by atoms with Crippen molar-refractivity contribution in [1.82, 2.24) is 9.97 Å². The molecule has 0 saturated heterocycles. The summed E-state index contributed by atoms with van der Waals surface area (Å²) >= 11 is 0. The van der Waals surface area contributed by atoms with Crippen LogP contribution in [0.5, 0.6) is 11.6 Å². The topological polar surface area (TPSA) is 55.2 Å². The molecule has 2 aromatic heterocycles. The van der Waals surface area contributed by atoms with Crippen molar-refractivity contribution in [1.29, 1.82) is 0 Å². The molecule has 0 radical (unpaired) electrons. The number of fused-ring (bicyclic) bond motifs is 1. The van der Waals surface area contributed by atoms with E-state index in [4.69, 9.17) is 4.74 Å². The summed E-state index contributed by atoms with van der Waals surface area (Å²) in [6.07, 6.45) is 0. The Kier molecular flexibility index (Phi) is 3.54. The van der Waals surface area contributed by atoms with E-state index in [0.29, 0.717) is 11.6 Å². The van der Waals surface area contributed by atoms with Gasteiger partial charge in [-0.25, -0.2) is 9.97 Å². The lowest BCUT2D eigenvalue weighted by Gasteiger charge is -2.09. The largest absolute Gasteiger partial charge is 0.437 e. The van der Waals surface area contributed by atoms with Gasteiger partial charge in [-0.3, -0.25) is 0 Å². The van der Waals surface area contributed by atoms with E-state index < -0.39 is 0 Å². The number of aromatic nitrogens is 2. The summed E-state index contributed by atoms with van der Waals surface area (Å²) < 4.78 is 5.89. The molecule has 0 aliphatic carbocycles. The van der Waals surface area contributed by atoms with E-state index in [0.717, 1.165) is 27.9 Å². The average Bonchev–Trinajstić information content (AvgIpc) is 2.47. The Hall–Kier alpha value is -2.46. The molecule has 21 heavy (non-hydrogen) atoms. The van der Waals surface area contributed by atoms with Crippen molar-refractivity contribution in [3.8, 4) is 11.6 Å². The molecule has 2 heterocycles. The Balaban J connectivity index is 2.05. The van der Waals surface area contributed by atoms with Crippen LogP contribution in [0.1, 0.15) is 17.0 Å². The molecular formula is C17H16N2O2. The van der Waals surface area contributed by atoms with Crippen LogP contribution < -0.4 is 4.74 Å². The van der Waals surface area contributed by atoms with E-state index in [1.54, 1.807) is 6.07 Å². The first kappa shape index (κ1) is 13.5. The minimum Gasteiger partial charge on any atom is -0.437 e. The zero-order valence-electron chi connectivity index (χ0n) is 12.0. The molecule has 0 aliphatic heterocycles. The molecule has 0 unspecified atom stereocenters. The first-order chi connectivity index (χ1) is 10.2. The Morgan fingerprint density at radius 2 is 1.86 bits per heavy atom. The van der Waals surface area contributed by atoms with Gasteiger partial charge < -0.3 is 9.84 Å². The molecule has 1 aromatic carbocycles. The number of aliphatic hydroxyl groups is 1. The summed E-state index contributed by atoms with van der Waals surface area (Å²) in [6.45, 7) is 3.79. The first-order valence-corrected chi connectivity index (χ1v) is 6.78. The Morgan fingerprint density at radius 3 is 2.67 bits per heavy atom. The van der Waals surface area contributed by atoms with E-state index in [1.165, 1.54) is 0 Å². The molecule has 1 N–H and O–H groups in total. The minimum absolute atomic E-state index is 0.0351. The Bertz CT molecular complexity index is 800. The summed E-state index contributed by atoms with van der Waals surface area (Å²) in [5.74, 6) is 1.13. The molecule has 0 amide bonds. The molecule has 4 heteroatoms. The van der Waals surface area contributed by atoms with Crippen LogP contribution in [0.25, 0.3) is 10.9 Å². The number of benzene rings is 1. The molecule has 106 valence electrons. The lowest BCUT2D eigenvalue weighted by molar-refractivity contribution is 0.281. The predicted octanol–water partition coefficient (Wildman–Crippen LogP) is 3.53. The molecule has 3 aromatic rings. The highest BCUT2D eigenvalue weighted by atomic mass is 16.5. The van der Waals surface area contributed by atoms with Crippen molar-refractivity contribution < 1.29 is 9.84 Å². The molecule has 0 aliphatic rings. The molecule has 0 atom stereocenters. The van der Waals surface area contributed by atoms with Crippen LogP contribution in [0.3, 0.4) is 0 Å². The van der Waals surface area contributed by atoms with Gasteiger partial charge in [0.1, 0.15) is 5.52 Å². The van der Waals surface area contributed by atoms with E-state index in [1.807, 2.05) is 50.2 Å². The highest BCUT2D eigenvalue weighted by Crippen LogP contribution is 2.28. The second kappa shape index (κ2) is 5.50. The highest BCUT2D eigenvalue weighted by Gasteiger charge is 2.07. The quantitative estimate of drug-likeness (QED) is 0.797. The van der Waals surface area contributed by atoms with Crippen molar-refractivity contribution in [3.63, 3.8) is 0 Å². The van der Waals surface area contributed by atoms with Crippen LogP contribution >= 0.6 is 0 Å². The van der Waals surface area contributed by atoms with Crippen molar-refractivity contribution >= 4 is 10.9 Å². The standard InChI is InChI=1S/C17H16N2O2/c1-11-6-7-14-4-3-5-15(17(14)19-11)21-16-9-13(10-20)8-12(2)18-16/h3-9,20H,10H2,1-2H3. The van der Waals surface area contributed by atoms with E-state index in [9.17, 15) is 5.11 Å². The van der Waals surface area contributed by atoms with Gasteiger partial charge in [-0.1, -0.05) is 18.2 Å². The maximum atomic E-state index is 9.27. The zero-order chi connectivity index (χ0) is 14.8. The van der Waals surface area contributed by atoms with Crippen LogP contribution in [0.15, 0.2) is 42.5 Å². The van der Waals surface area contributed by atoms with Crippen LogP contribution in [-0.4, -0.2) is 15.1 Å². The van der Waals surface area contributed by atoms with Crippen molar-refractivity contribution in [3.05, 3.63) is 59.4 Å². The van der Waals surface area contributed by atoms with Gasteiger partial charge in [-0.05, 0) is 37.6 Å². The number of hydrogen-bond donors (Lipinski definition) is 1. The Labute approximate surface area is 123 Å². The molecule has 0 spiro atoms. The summed E-state index contributed by atoms with van der Waals surface area (Å²) in [6, 6.07) is 13.4. The number of pyridine rings is 2. The van der Waals surface area contributed by atoms with Gasteiger partial charge in [0.05, 0.1) is 6.61 Å². The van der Waals surface area contributed by atoms with Crippen LogP contribution in [0.2, 0.25) is 0 Å². The van der Waals surface area contributed by atoms with Gasteiger partial charge in [0.25, 0.3) is 0 Å². The zero-order valence-corrected chi connectivity index (χ0v) is 12.0. The lowest BCUT2D eigenvalue weighted by atomic mass is 10.2. The second-order valence-corrected chi connectivity index (χ2v) is 5.00. The maximum Gasteiger partial charge on any atom is 0.219 e. The molecule has 4 nitrogen and oxygen atoms in total. The van der Waals surface area contributed by atoms with Gasteiger partial charge in [0.2, 0.25) is 5.88 Å². The SMILES string of the molecule is Cc1cc(CO)cc(Oc2cccc3ccc(C)nc23)n1. The van der Waals surface area contributed by atoms with Crippen molar-refractivity contribution in [2.24, 2.45) is 0 Å². The van der Waals surface area contributed by atoms with E-state index >= 15 is 0 Å². The third-order valence-electron chi connectivity index (χ3n) is 3.21. The van der Waals surface area contributed by atoms with Crippen molar-refractivity contribution in [2.75, 3.05) is 0 Å². The Morgan fingerprint density at radius 1 is 1.00 bits per heavy atom. The fourth-order valence-electron chi connectivity index (χ4n) is 2.26. The highest BCUT2D eigenvalue weighted by molar-refractivity contribution is 5.84. The summed E-state index contributed by atoms with van der Waals surface area (Å²) in [5.41, 5.74) is 3.33. The molecule has 0 fully saturated rings. The van der Waals surface area contributed by atoms with E-state index in [-0.39, 0.29) is 6.61 Å². The number of aliphatic hydroxyl groups excluding tert-OH is 1. The fraction of sp³-hybridized carbons (Fsp3) is 0.176. The predicted molar refractivity (Wildman–Crippen MR) is 81.5 cm³/mol. The number of aryl methyl sites for hydroxylation is 2. The van der Waals surface area contributed by atoms with Gasteiger partial charge in [-0.2, -0.15) is 0 Å². The third-order valence-corrected chi connectivity index (χ3v) is 3.21. The number of hydrogen-bond acceptors (Lipinski definition) is 4. The van der Waals surface area contributed by atoms with Gasteiger partial charge >= 0.3 is 0 Å². The molecule has 0 saturated carbocycles. The summed E-state index contributed by atoms with van der Waals surface area (Å²) in [7, 11) is 0. The normalized spacial score (nSPS) is 10.8. The maximum absolute atomic E-state index is 9.27. The molecule has 3 rings (SSSR count). The van der Waals surface area contributed by atoms with E-state index in [2.05, 4.69) is 9.97 Å². The fourth-order valence-corrected chi connectivity index (χ4v) is 2.26. The number of rotatable bonds is 3. The number of ether oxygens (including phenoxy) is 1. The first-order valence-electron chi connectivity index (χ1n) is 6.78.